The lowest BCUT2D eigenvalue weighted by Gasteiger charge is -2.26. The van der Waals surface area contributed by atoms with Crippen LogP contribution in [-0.2, 0) is 4.79 Å². The molecule has 0 aromatic heterocycles. The van der Waals surface area contributed by atoms with Crippen LogP contribution >= 0.6 is 0 Å². The van der Waals surface area contributed by atoms with Crippen LogP contribution in [0.15, 0.2) is 42.5 Å². The second kappa shape index (κ2) is 7.90. The SMILES string of the molecule is NC(=O)c1ccc(NC(=O)CN2CCC[C@@H]2c2ccc3c(c2)OCCO3)cc1. The van der Waals surface area contributed by atoms with Crippen LogP contribution in [0.1, 0.15) is 34.8 Å². The van der Waals surface area contributed by atoms with E-state index >= 15 is 0 Å². The van der Waals surface area contributed by atoms with Crippen LogP contribution in [0.4, 0.5) is 5.69 Å². The van der Waals surface area contributed by atoms with Crippen molar-refractivity contribution in [3.8, 4) is 11.5 Å². The number of likely N-dealkylation sites (tertiary alicyclic amines) is 1. The maximum absolute atomic E-state index is 12.5. The molecule has 1 saturated heterocycles. The Morgan fingerprint density at radius 3 is 2.57 bits per heavy atom. The minimum absolute atomic E-state index is 0.0868. The smallest absolute Gasteiger partial charge is 0.248 e. The monoisotopic (exact) mass is 381 g/mol. The van der Waals surface area contributed by atoms with Gasteiger partial charge in [0.2, 0.25) is 11.8 Å². The number of amides is 2. The first-order valence-corrected chi connectivity index (χ1v) is 9.43. The molecule has 2 amide bonds. The van der Waals surface area contributed by atoms with Crippen molar-refractivity contribution in [2.75, 3.05) is 31.6 Å². The van der Waals surface area contributed by atoms with Crippen molar-refractivity contribution in [2.24, 2.45) is 5.73 Å². The number of anilines is 1. The van der Waals surface area contributed by atoms with Gasteiger partial charge in [0.1, 0.15) is 13.2 Å². The normalized spacial score (nSPS) is 18.6. The maximum atomic E-state index is 12.5. The van der Waals surface area contributed by atoms with Gasteiger partial charge in [-0.25, -0.2) is 0 Å². The highest BCUT2D eigenvalue weighted by atomic mass is 16.6. The molecule has 28 heavy (non-hydrogen) atoms. The molecule has 2 aliphatic rings. The second-order valence-electron chi connectivity index (χ2n) is 7.02. The average molecular weight is 381 g/mol. The van der Waals surface area contributed by atoms with E-state index in [9.17, 15) is 9.59 Å². The Kier molecular flexibility index (Phi) is 5.16. The molecule has 2 aliphatic heterocycles. The zero-order chi connectivity index (χ0) is 19.5. The lowest BCUT2D eigenvalue weighted by Crippen LogP contribution is -2.33. The topological polar surface area (TPSA) is 93.9 Å². The van der Waals surface area contributed by atoms with Crippen molar-refractivity contribution in [1.82, 2.24) is 4.90 Å². The minimum atomic E-state index is -0.489. The fourth-order valence-electron chi connectivity index (χ4n) is 3.76. The molecule has 2 aromatic carbocycles. The molecule has 7 nitrogen and oxygen atoms in total. The van der Waals surface area contributed by atoms with E-state index in [1.807, 2.05) is 12.1 Å². The highest BCUT2D eigenvalue weighted by Gasteiger charge is 2.28. The summed E-state index contributed by atoms with van der Waals surface area (Å²) in [5, 5.41) is 2.88. The van der Waals surface area contributed by atoms with Gasteiger partial charge in [-0.1, -0.05) is 6.07 Å². The third kappa shape index (κ3) is 3.94. The van der Waals surface area contributed by atoms with Gasteiger partial charge in [-0.3, -0.25) is 14.5 Å². The molecule has 4 rings (SSSR count). The molecule has 2 heterocycles. The predicted molar refractivity (Wildman–Crippen MR) is 105 cm³/mol. The molecule has 7 heteroatoms. The van der Waals surface area contributed by atoms with Crippen LogP contribution < -0.4 is 20.5 Å². The summed E-state index contributed by atoms with van der Waals surface area (Å²) in [6.07, 6.45) is 2.04. The first-order chi connectivity index (χ1) is 13.6. The Morgan fingerprint density at radius 1 is 1.07 bits per heavy atom. The van der Waals surface area contributed by atoms with Crippen LogP contribution in [0.3, 0.4) is 0 Å². The molecule has 2 aromatic rings. The van der Waals surface area contributed by atoms with Crippen molar-refractivity contribution < 1.29 is 19.1 Å². The van der Waals surface area contributed by atoms with Gasteiger partial charge in [0.05, 0.1) is 6.54 Å². The van der Waals surface area contributed by atoms with E-state index in [0.29, 0.717) is 31.0 Å². The number of nitrogens with one attached hydrogen (secondary N) is 1. The van der Waals surface area contributed by atoms with E-state index in [4.69, 9.17) is 15.2 Å². The number of ether oxygens (including phenoxy) is 2. The molecule has 0 spiro atoms. The molecule has 0 bridgehead atoms. The van der Waals surface area contributed by atoms with Crippen molar-refractivity contribution in [3.63, 3.8) is 0 Å². The number of hydrogen-bond acceptors (Lipinski definition) is 5. The van der Waals surface area contributed by atoms with Gasteiger partial charge in [0.25, 0.3) is 0 Å². The fourth-order valence-corrected chi connectivity index (χ4v) is 3.76. The molecule has 0 unspecified atom stereocenters. The Morgan fingerprint density at radius 2 is 1.82 bits per heavy atom. The number of rotatable bonds is 5. The molecule has 1 atom stereocenters. The van der Waals surface area contributed by atoms with Crippen molar-refractivity contribution >= 4 is 17.5 Å². The highest BCUT2D eigenvalue weighted by molar-refractivity contribution is 5.95. The van der Waals surface area contributed by atoms with Crippen LogP contribution in [0.5, 0.6) is 11.5 Å². The lowest BCUT2D eigenvalue weighted by atomic mass is 10.0. The lowest BCUT2D eigenvalue weighted by molar-refractivity contribution is -0.117. The van der Waals surface area contributed by atoms with Gasteiger partial charge in [0.15, 0.2) is 11.5 Å². The number of nitrogens with two attached hydrogens (primary N) is 1. The Bertz CT molecular complexity index is 882. The largest absolute Gasteiger partial charge is 0.486 e. The number of fused-ring (bicyclic) bond motifs is 1. The summed E-state index contributed by atoms with van der Waals surface area (Å²) in [6, 6.07) is 12.8. The third-order valence-electron chi connectivity index (χ3n) is 5.11. The first-order valence-electron chi connectivity index (χ1n) is 9.43. The zero-order valence-electron chi connectivity index (χ0n) is 15.5. The number of primary amides is 1. The molecular formula is C21H23N3O4. The molecule has 146 valence electrons. The second-order valence-corrected chi connectivity index (χ2v) is 7.02. The van der Waals surface area contributed by atoms with Crippen LogP contribution in [-0.4, -0.2) is 43.0 Å². The highest BCUT2D eigenvalue weighted by Crippen LogP contribution is 2.37. The van der Waals surface area contributed by atoms with Gasteiger partial charge in [-0.05, 0) is 61.3 Å². The molecule has 1 fully saturated rings. The number of carbonyl (C=O) groups is 2. The molecule has 0 aliphatic carbocycles. The third-order valence-corrected chi connectivity index (χ3v) is 5.11. The van der Waals surface area contributed by atoms with E-state index in [2.05, 4.69) is 16.3 Å². The molecule has 3 N–H and O–H groups in total. The van der Waals surface area contributed by atoms with Crippen molar-refractivity contribution in [1.29, 1.82) is 0 Å². The van der Waals surface area contributed by atoms with E-state index in [0.717, 1.165) is 36.4 Å². The van der Waals surface area contributed by atoms with Gasteiger partial charge in [-0.15, -0.1) is 0 Å². The Labute approximate surface area is 163 Å². The van der Waals surface area contributed by atoms with Gasteiger partial charge >= 0.3 is 0 Å². The summed E-state index contributed by atoms with van der Waals surface area (Å²) in [6.45, 7) is 2.30. The summed E-state index contributed by atoms with van der Waals surface area (Å²) < 4.78 is 11.3. The van der Waals surface area contributed by atoms with E-state index < -0.39 is 5.91 Å². The summed E-state index contributed by atoms with van der Waals surface area (Å²) in [5.74, 6) is 0.972. The summed E-state index contributed by atoms with van der Waals surface area (Å²) in [5.41, 5.74) is 7.43. The minimum Gasteiger partial charge on any atom is -0.486 e. The van der Waals surface area contributed by atoms with Crippen molar-refractivity contribution in [2.45, 2.75) is 18.9 Å². The number of benzene rings is 2. The number of nitrogens with zero attached hydrogens (tertiary/aromatic N) is 1. The van der Waals surface area contributed by atoms with Gasteiger partial charge in [0, 0.05) is 17.3 Å². The molecular weight excluding hydrogens is 358 g/mol. The van der Waals surface area contributed by atoms with E-state index in [1.165, 1.54) is 0 Å². The van der Waals surface area contributed by atoms with Crippen LogP contribution in [0, 0.1) is 0 Å². The predicted octanol–water partition coefficient (Wildman–Crippen LogP) is 2.33. The molecule has 0 saturated carbocycles. The Balaban J connectivity index is 1.41. The zero-order valence-corrected chi connectivity index (χ0v) is 15.5. The maximum Gasteiger partial charge on any atom is 0.248 e. The summed E-state index contributed by atoms with van der Waals surface area (Å²) in [7, 11) is 0. The van der Waals surface area contributed by atoms with E-state index in [1.54, 1.807) is 24.3 Å². The van der Waals surface area contributed by atoms with E-state index in [-0.39, 0.29) is 11.9 Å². The summed E-state index contributed by atoms with van der Waals surface area (Å²) >= 11 is 0. The first kappa shape index (κ1) is 18.3. The van der Waals surface area contributed by atoms with Gasteiger partial charge < -0.3 is 20.5 Å². The van der Waals surface area contributed by atoms with Crippen LogP contribution in [0.25, 0.3) is 0 Å². The summed E-state index contributed by atoms with van der Waals surface area (Å²) in [4.78, 5) is 25.8. The standard InChI is InChI=1S/C21H23N3O4/c22-21(26)14-3-6-16(7-4-14)23-20(25)13-24-9-1-2-17(24)15-5-8-18-19(12-15)28-11-10-27-18/h3-8,12,17H,1-2,9-11,13H2,(H2,22,26)(H,23,25)/t17-/m1/s1. The van der Waals surface area contributed by atoms with Gasteiger partial charge in [-0.2, -0.15) is 0 Å². The fraction of sp³-hybridized carbons (Fsp3) is 0.333. The Hall–Kier alpha value is -3.06. The quantitative estimate of drug-likeness (QED) is 0.829. The van der Waals surface area contributed by atoms with Crippen molar-refractivity contribution in [3.05, 3.63) is 53.6 Å². The number of hydrogen-bond donors (Lipinski definition) is 2. The van der Waals surface area contributed by atoms with Crippen LogP contribution in [0.2, 0.25) is 0 Å². The molecule has 0 radical (unpaired) electrons. The number of carbonyl (C=O) groups excluding carboxylic acids is 2. The average Bonchev–Trinajstić information content (AvgIpc) is 3.16.